The van der Waals surface area contributed by atoms with Crippen molar-refractivity contribution in [2.24, 2.45) is 0 Å². The highest BCUT2D eigenvalue weighted by molar-refractivity contribution is 6.07. The molecule has 0 amide bonds. The number of benzene rings is 2. The van der Waals surface area contributed by atoms with Gasteiger partial charge in [0.05, 0.1) is 11.4 Å². The molecule has 0 atom stereocenters. The van der Waals surface area contributed by atoms with Crippen molar-refractivity contribution in [3.63, 3.8) is 0 Å². The first-order chi connectivity index (χ1) is 7.81. The predicted molar refractivity (Wildman–Crippen MR) is 71.4 cm³/mol. The van der Waals surface area contributed by atoms with Crippen LogP contribution in [0.25, 0.3) is 10.8 Å². The standard InChI is InChI=1S/C13H16N3/c1-14-10-6-4-5-9-7-8-11(15-2)13(16-3)12(9)10/h4-6,8,14-16H,1-3H3. The van der Waals surface area contributed by atoms with Crippen LogP contribution in [0.5, 0.6) is 0 Å². The lowest BCUT2D eigenvalue weighted by Crippen LogP contribution is -1.99. The van der Waals surface area contributed by atoms with E-state index < -0.39 is 0 Å². The molecule has 0 heterocycles. The largest absolute Gasteiger partial charge is 0.388 e. The second-order valence-corrected chi connectivity index (χ2v) is 3.56. The normalized spacial score (nSPS) is 10.2. The average Bonchev–Trinajstić information content (AvgIpc) is 2.36. The van der Waals surface area contributed by atoms with Crippen LogP contribution in [-0.4, -0.2) is 21.1 Å². The van der Waals surface area contributed by atoms with Crippen LogP contribution in [0.2, 0.25) is 0 Å². The topological polar surface area (TPSA) is 36.1 Å². The Balaban J connectivity index is 2.83. The molecule has 3 heteroatoms. The van der Waals surface area contributed by atoms with Gasteiger partial charge in [-0.05, 0) is 23.6 Å². The lowest BCUT2D eigenvalue weighted by atomic mass is 10.1. The maximum atomic E-state index is 3.28. The van der Waals surface area contributed by atoms with Gasteiger partial charge in [0.2, 0.25) is 0 Å². The number of anilines is 3. The highest BCUT2D eigenvalue weighted by Crippen LogP contribution is 2.35. The second kappa shape index (κ2) is 4.31. The third-order valence-electron chi connectivity index (χ3n) is 2.74. The molecule has 3 nitrogen and oxygen atoms in total. The van der Waals surface area contributed by atoms with Crippen LogP contribution in [0.15, 0.2) is 24.3 Å². The van der Waals surface area contributed by atoms with Gasteiger partial charge in [-0.3, -0.25) is 0 Å². The van der Waals surface area contributed by atoms with Crippen LogP contribution in [0.1, 0.15) is 0 Å². The van der Waals surface area contributed by atoms with Crippen molar-refractivity contribution in [1.82, 2.24) is 0 Å². The molecule has 0 spiro atoms. The molecule has 1 radical (unpaired) electrons. The zero-order valence-electron chi connectivity index (χ0n) is 9.81. The quantitative estimate of drug-likeness (QED) is 0.735. The van der Waals surface area contributed by atoms with Gasteiger partial charge in [0.1, 0.15) is 0 Å². The fraction of sp³-hybridized carbons (Fsp3) is 0.231. The average molecular weight is 214 g/mol. The lowest BCUT2D eigenvalue weighted by molar-refractivity contribution is 1.46. The first kappa shape index (κ1) is 10.6. The van der Waals surface area contributed by atoms with Gasteiger partial charge < -0.3 is 16.0 Å². The minimum absolute atomic E-state index is 1.05. The Morgan fingerprint density at radius 2 is 1.69 bits per heavy atom. The summed E-state index contributed by atoms with van der Waals surface area (Å²) in [5.41, 5.74) is 3.26. The fourth-order valence-corrected chi connectivity index (χ4v) is 1.96. The zero-order valence-corrected chi connectivity index (χ0v) is 9.81. The Morgan fingerprint density at radius 3 is 2.31 bits per heavy atom. The summed E-state index contributed by atoms with van der Waals surface area (Å²) in [4.78, 5) is 0. The summed E-state index contributed by atoms with van der Waals surface area (Å²) in [6, 6.07) is 11.4. The smallest absolute Gasteiger partial charge is 0.0674 e. The van der Waals surface area contributed by atoms with Crippen LogP contribution < -0.4 is 16.0 Å². The summed E-state index contributed by atoms with van der Waals surface area (Å²) >= 11 is 0. The van der Waals surface area contributed by atoms with Crippen molar-refractivity contribution in [3.8, 4) is 0 Å². The molecule has 0 saturated heterocycles. The van der Waals surface area contributed by atoms with Gasteiger partial charge in [-0.15, -0.1) is 0 Å². The van der Waals surface area contributed by atoms with Crippen LogP contribution in [-0.2, 0) is 0 Å². The molecule has 2 aromatic carbocycles. The van der Waals surface area contributed by atoms with Gasteiger partial charge in [-0.2, -0.15) is 0 Å². The molecule has 0 fully saturated rings. The van der Waals surface area contributed by atoms with Gasteiger partial charge in [0.25, 0.3) is 0 Å². The highest BCUT2D eigenvalue weighted by Gasteiger charge is 2.08. The molecule has 0 bridgehead atoms. The molecule has 0 saturated carbocycles. The Hall–Kier alpha value is -1.90. The van der Waals surface area contributed by atoms with Gasteiger partial charge in [-0.25, -0.2) is 0 Å². The van der Waals surface area contributed by atoms with Crippen molar-refractivity contribution in [3.05, 3.63) is 30.3 Å². The van der Waals surface area contributed by atoms with Gasteiger partial charge >= 0.3 is 0 Å². The molecule has 0 unspecified atom stereocenters. The number of nitrogens with one attached hydrogen (secondary N) is 3. The maximum absolute atomic E-state index is 3.28. The Labute approximate surface area is 95.9 Å². The molecule has 0 aliphatic carbocycles. The summed E-state index contributed by atoms with van der Waals surface area (Å²) in [6.07, 6.45) is 0. The minimum atomic E-state index is 1.05. The molecular formula is C13H16N3. The monoisotopic (exact) mass is 214 g/mol. The fourth-order valence-electron chi connectivity index (χ4n) is 1.96. The van der Waals surface area contributed by atoms with E-state index in [1.807, 2.05) is 33.3 Å². The number of fused-ring (bicyclic) bond motifs is 1. The number of hydrogen-bond donors (Lipinski definition) is 3. The number of rotatable bonds is 3. The summed E-state index contributed by atoms with van der Waals surface area (Å²) in [7, 11) is 5.78. The van der Waals surface area contributed by atoms with E-state index in [0.29, 0.717) is 0 Å². The van der Waals surface area contributed by atoms with E-state index in [9.17, 15) is 0 Å². The molecule has 83 valence electrons. The first-order valence-electron chi connectivity index (χ1n) is 5.32. The van der Waals surface area contributed by atoms with Crippen LogP contribution in [0.4, 0.5) is 17.1 Å². The van der Waals surface area contributed by atoms with Crippen molar-refractivity contribution in [2.45, 2.75) is 0 Å². The number of hydrogen-bond acceptors (Lipinski definition) is 3. The molecular weight excluding hydrogens is 198 g/mol. The van der Waals surface area contributed by atoms with E-state index in [1.165, 1.54) is 5.39 Å². The van der Waals surface area contributed by atoms with E-state index in [4.69, 9.17) is 0 Å². The molecule has 16 heavy (non-hydrogen) atoms. The molecule has 2 aromatic rings. The van der Waals surface area contributed by atoms with Crippen molar-refractivity contribution < 1.29 is 0 Å². The van der Waals surface area contributed by atoms with Gasteiger partial charge in [-0.1, -0.05) is 12.1 Å². The van der Waals surface area contributed by atoms with Crippen molar-refractivity contribution in [2.75, 3.05) is 37.1 Å². The van der Waals surface area contributed by atoms with Gasteiger partial charge in [0, 0.05) is 32.2 Å². The maximum Gasteiger partial charge on any atom is 0.0674 e. The van der Waals surface area contributed by atoms with Crippen molar-refractivity contribution >= 4 is 27.8 Å². The highest BCUT2D eigenvalue weighted by atomic mass is 14.9. The molecule has 3 N–H and O–H groups in total. The van der Waals surface area contributed by atoms with E-state index in [1.54, 1.807) is 0 Å². The van der Waals surface area contributed by atoms with E-state index >= 15 is 0 Å². The summed E-state index contributed by atoms with van der Waals surface area (Å²) in [5, 5.41) is 11.9. The predicted octanol–water partition coefficient (Wildman–Crippen LogP) is 2.77. The molecule has 0 aromatic heterocycles. The third kappa shape index (κ3) is 1.54. The lowest BCUT2D eigenvalue weighted by Gasteiger charge is -2.14. The second-order valence-electron chi connectivity index (χ2n) is 3.56. The van der Waals surface area contributed by atoms with Crippen molar-refractivity contribution in [1.29, 1.82) is 0 Å². The third-order valence-corrected chi connectivity index (χ3v) is 2.74. The first-order valence-corrected chi connectivity index (χ1v) is 5.32. The van der Waals surface area contributed by atoms with Crippen LogP contribution in [0, 0.1) is 6.07 Å². The van der Waals surface area contributed by atoms with Crippen LogP contribution in [0.3, 0.4) is 0 Å². The molecule has 2 rings (SSSR count). The summed E-state index contributed by atoms with van der Waals surface area (Å²) in [6.45, 7) is 0. The zero-order chi connectivity index (χ0) is 11.5. The molecule has 0 aliphatic rings. The van der Waals surface area contributed by atoms with Gasteiger partial charge in [0.15, 0.2) is 0 Å². The summed E-state index contributed by atoms with van der Waals surface area (Å²) < 4.78 is 0. The Bertz CT molecular complexity index is 506. The summed E-state index contributed by atoms with van der Waals surface area (Å²) in [5.74, 6) is 0. The van der Waals surface area contributed by atoms with E-state index in [2.05, 4.69) is 34.1 Å². The Morgan fingerprint density at radius 1 is 0.938 bits per heavy atom. The molecule has 0 aliphatic heterocycles. The SMILES string of the molecule is CNc1c[c]c2cccc(NC)c2c1NC. The van der Waals surface area contributed by atoms with E-state index in [0.717, 1.165) is 22.4 Å². The van der Waals surface area contributed by atoms with E-state index in [-0.39, 0.29) is 0 Å². The van der Waals surface area contributed by atoms with Crippen LogP contribution >= 0.6 is 0 Å². The minimum Gasteiger partial charge on any atom is -0.388 e. The Kier molecular flexibility index (Phi) is 2.86.